The van der Waals surface area contributed by atoms with E-state index in [4.69, 9.17) is 4.98 Å². The van der Waals surface area contributed by atoms with Gasteiger partial charge in [-0.25, -0.2) is 4.98 Å². The predicted octanol–water partition coefficient (Wildman–Crippen LogP) is 2.94. The van der Waals surface area contributed by atoms with Crippen molar-refractivity contribution in [3.63, 3.8) is 0 Å². The molecule has 2 aliphatic rings. The number of nitrogens with one attached hydrogen (secondary N) is 1. The second-order valence-electron chi connectivity index (χ2n) is 6.03. The third kappa shape index (κ3) is 2.28. The van der Waals surface area contributed by atoms with Gasteiger partial charge in [-0.3, -0.25) is 0 Å². The van der Waals surface area contributed by atoms with Crippen LogP contribution in [-0.4, -0.2) is 23.6 Å². The summed E-state index contributed by atoms with van der Waals surface area (Å²) < 4.78 is 0. The number of aromatic nitrogens is 1. The Morgan fingerprint density at radius 1 is 1.44 bits per heavy atom. The Morgan fingerprint density at radius 3 is 2.89 bits per heavy atom. The fraction of sp³-hybridized carbons (Fsp3) is 0.786. The minimum absolute atomic E-state index is 0.540. The fourth-order valence-electron chi connectivity index (χ4n) is 3.16. The third-order valence-electron chi connectivity index (χ3n) is 4.21. The lowest BCUT2D eigenvalue weighted by Crippen LogP contribution is -2.31. The predicted molar refractivity (Wildman–Crippen MR) is 77.3 cm³/mol. The lowest BCUT2D eigenvalue weighted by molar-refractivity contribution is 0.553. The van der Waals surface area contributed by atoms with Crippen LogP contribution in [0.15, 0.2) is 0 Å². The van der Waals surface area contributed by atoms with Crippen LogP contribution in [-0.2, 0) is 6.54 Å². The highest BCUT2D eigenvalue weighted by molar-refractivity contribution is 7.15. The number of thiazole rings is 1. The van der Waals surface area contributed by atoms with Crippen molar-refractivity contribution >= 4 is 16.5 Å². The standard InChI is InChI=1S/C14H23N3S/c1-9(2)15-7-13-10(3)16-14(18-13)17-8-11-4-5-12(17)6-11/h9,11-12,15H,4-8H2,1-3H3. The summed E-state index contributed by atoms with van der Waals surface area (Å²) in [7, 11) is 0. The first-order valence-electron chi connectivity index (χ1n) is 7.10. The number of piperidine rings is 1. The zero-order valence-electron chi connectivity index (χ0n) is 11.6. The Labute approximate surface area is 114 Å². The van der Waals surface area contributed by atoms with Crippen molar-refractivity contribution in [1.29, 1.82) is 0 Å². The van der Waals surface area contributed by atoms with Gasteiger partial charge in [0, 0.05) is 30.1 Å². The minimum Gasteiger partial charge on any atom is -0.345 e. The van der Waals surface area contributed by atoms with Crippen LogP contribution in [0.3, 0.4) is 0 Å². The molecule has 1 N–H and O–H groups in total. The molecule has 0 amide bonds. The van der Waals surface area contributed by atoms with Crippen LogP contribution in [0.1, 0.15) is 43.7 Å². The first kappa shape index (κ1) is 12.4. The van der Waals surface area contributed by atoms with Gasteiger partial charge >= 0.3 is 0 Å². The van der Waals surface area contributed by atoms with Crippen LogP contribution in [0.4, 0.5) is 5.13 Å². The van der Waals surface area contributed by atoms with Crippen LogP contribution in [0.25, 0.3) is 0 Å². The second-order valence-corrected chi connectivity index (χ2v) is 7.09. The normalized spacial score (nSPS) is 26.6. The average molecular weight is 265 g/mol. The number of anilines is 1. The highest BCUT2D eigenvalue weighted by Gasteiger charge is 2.39. The van der Waals surface area contributed by atoms with Crippen LogP contribution in [0.5, 0.6) is 0 Å². The first-order chi connectivity index (χ1) is 8.63. The molecule has 1 aromatic rings. The van der Waals surface area contributed by atoms with Gasteiger partial charge in [-0.15, -0.1) is 11.3 Å². The van der Waals surface area contributed by atoms with Crippen LogP contribution < -0.4 is 10.2 Å². The van der Waals surface area contributed by atoms with Crippen molar-refractivity contribution in [2.45, 2.75) is 58.7 Å². The fourth-order valence-corrected chi connectivity index (χ4v) is 4.25. The Kier molecular flexibility index (Phi) is 3.32. The van der Waals surface area contributed by atoms with E-state index in [1.54, 1.807) is 0 Å². The zero-order chi connectivity index (χ0) is 12.7. The molecule has 0 aromatic carbocycles. The Morgan fingerprint density at radius 2 is 2.28 bits per heavy atom. The maximum Gasteiger partial charge on any atom is 0.186 e. The number of fused-ring (bicyclic) bond motifs is 2. The summed E-state index contributed by atoms with van der Waals surface area (Å²) in [6.07, 6.45) is 4.22. The van der Waals surface area contributed by atoms with Gasteiger partial charge < -0.3 is 10.2 Å². The summed E-state index contributed by atoms with van der Waals surface area (Å²) in [6, 6.07) is 1.32. The lowest BCUT2D eigenvalue weighted by Gasteiger charge is -2.26. The van der Waals surface area contributed by atoms with E-state index in [0.717, 1.165) is 18.5 Å². The van der Waals surface area contributed by atoms with Gasteiger partial charge in [0.2, 0.25) is 0 Å². The molecule has 3 rings (SSSR count). The Balaban J connectivity index is 1.72. The van der Waals surface area contributed by atoms with E-state index < -0.39 is 0 Å². The molecule has 18 heavy (non-hydrogen) atoms. The summed E-state index contributed by atoms with van der Waals surface area (Å²) in [4.78, 5) is 8.76. The average Bonchev–Trinajstić information content (AvgIpc) is 3.00. The van der Waals surface area contributed by atoms with E-state index in [0.29, 0.717) is 6.04 Å². The molecule has 2 bridgehead atoms. The molecule has 2 unspecified atom stereocenters. The highest BCUT2D eigenvalue weighted by Crippen LogP contribution is 2.41. The topological polar surface area (TPSA) is 28.2 Å². The first-order valence-corrected chi connectivity index (χ1v) is 7.91. The quantitative estimate of drug-likeness (QED) is 0.907. The highest BCUT2D eigenvalue weighted by atomic mass is 32.1. The van der Waals surface area contributed by atoms with Gasteiger partial charge in [0.05, 0.1) is 5.69 Å². The molecule has 1 aliphatic carbocycles. The van der Waals surface area contributed by atoms with Gasteiger partial charge in [0.15, 0.2) is 5.13 Å². The van der Waals surface area contributed by atoms with Crippen LogP contribution >= 0.6 is 11.3 Å². The van der Waals surface area contributed by atoms with Crippen molar-refractivity contribution in [1.82, 2.24) is 10.3 Å². The third-order valence-corrected chi connectivity index (χ3v) is 5.40. The smallest absolute Gasteiger partial charge is 0.186 e. The van der Waals surface area contributed by atoms with E-state index in [-0.39, 0.29) is 0 Å². The number of hydrogen-bond acceptors (Lipinski definition) is 4. The Hall–Kier alpha value is -0.610. The SMILES string of the molecule is Cc1nc(N2CC3CCC2C3)sc1CNC(C)C. The molecule has 2 atom stereocenters. The van der Waals surface area contributed by atoms with Gasteiger partial charge in [-0.05, 0) is 32.1 Å². The zero-order valence-corrected chi connectivity index (χ0v) is 12.4. The summed E-state index contributed by atoms with van der Waals surface area (Å²) >= 11 is 1.89. The molecule has 1 saturated carbocycles. The second kappa shape index (κ2) is 4.82. The maximum absolute atomic E-state index is 4.79. The molecule has 2 fully saturated rings. The molecule has 1 aliphatic heterocycles. The number of aryl methyl sites for hydroxylation is 1. The van der Waals surface area contributed by atoms with Crippen molar-refractivity contribution in [3.8, 4) is 0 Å². The molecule has 2 heterocycles. The van der Waals surface area contributed by atoms with E-state index in [9.17, 15) is 0 Å². The summed E-state index contributed by atoms with van der Waals surface area (Å²) in [6.45, 7) is 8.73. The maximum atomic E-state index is 4.79. The van der Waals surface area contributed by atoms with E-state index in [2.05, 4.69) is 31.0 Å². The molecule has 0 spiro atoms. The van der Waals surface area contributed by atoms with Crippen molar-refractivity contribution in [2.75, 3.05) is 11.4 Å². The van der Waals surface area contributed by atoms with Crippen LogP contribution in [0, 0.1) is 12.8 Å². The summed E-state index contributed by atoms with van der Waals surface area (Å²) in [5.41, 5.74) is 1.21. The summed E-state index contributed by atoms with van der Waals surface area (Å²) in [5.74, 6) is 0.941. The molecular weight excluding hydrogens is 242 g/mol. The number of hydrogen-bond donors (Lipinski definition) is 1. The molecule has 1 aromatic heterocycles. The molecule has 4 heteroatoms. The monoisotopic (exact) mass is 265 g/mol. The molecule has 100 valence electrons. The molecule has 1 saturated heterocycles. The largest absolute Gasteiger partial charge is 0.345 e. The van der Waals surface area contributed by atoms with Crippen molar-refractivity contribution in [3.05, 3.63) is 10.6 Å². The van der Waals surface area contributed by atoms with Gasteiger partial charge in [0.25, 0.3) is 0 Å². The van der Waals surface area contributed by atoms with Crippen molar-refractivity contribution < 1.29 is 0 Å². The van der Waals surface area contributed by atoms with E-state index >= 15 is 0 Å². The molecule has 0 radical (unpaired) electrons. The van der Waals surface area contributed by atoms with Gasteiger partial charge in [-0.2, -0.15) is 0 Å². The van der Waals surface area contributed by atoms with Crippen LogP contribution in [0.2, 0.25) is 0 Å². The summed E-state index contributed by atoms with van der Waals surface area (Å²) in [5, 5.41) is 4.76. The molecular formula is C14H23N3S. The molecule has 3 nitrogen and oxygen atoms in total. The van der Waals surface area contributed by atoms with Gasteiger partial charge in [0.1, 0.15) is 0 Å². The number of nitrogens with zero attached hydrogens (tertiary/aromatic N) is 2. The van der Waals surface area contributed by atoms with Gasteiger partial charge in [-0.1, -0.05) is 13.8 Å². The lowest BCUT2D eigenvalue weighted by atomic mass is 10.1. The minimum atomic E-state index is 0.540. The number of rotatable bonds is 4. The van der Waals surface area contributed by atoms with E-state index in [1.165, 1.54) is 41.5 Å². The Bertz CT molecular complexity index is 427. The van der Waals surface area contributed by atoms with E-state index in [1.807, 2.05) is 11.3 Å². The van der Waals surface area contributed by atoms with Crippen molar-refractivity contribution in [2.24, 2.45) is 5.92 Å².